The van der Waals surface area contributed by atoms with Crippen molar-refractivity contribution in [1.29, 1.82) is 0 Å². The van der Waals surface area contributed by atoms with E-state index in [4.69, 9.17) is 5.11 Å². The molecular weight excluding hydrogens is 238 g/mol. The van der Waals surface area contributed by atoms with Gasteiger partial charge in [0.15, 0.2) is 0 Å². The highest BCUT2D eigenvalue weighted by atomic mass is 16.3. The van der Waals surface area contributed by atoms with E-state index in [0.29, 0.717) is 12.5 Å². The molecule has 2 atom stereocenters. The lowest BCUT2D eigenvalue weighted by Crippen LogP contribution is -2.41. The molecule has 19 heavy (non-hydrogen) atoms. The maximum Gasteiger partial charge on any atom is 0.223 e. The maximum atomic E-state index is 12.3. The third kappa shape index (κ3) is 5.52. The Kier molecular flexibility index (Phi) is 5.43. The summed E-state index contributed by atoms with van der Waals surface area (Å²) >= 11 is 0. The van der Waals surface area contributed by atoms with Crippen LogP contribution in [0.25, 0.3) is 0 Å². The van der Waals surface area contributed by atoms with Gasteiger partial charge in [-0.1, -0.05) is 34.6 Å². The standard InChI is InChI=1S/C16H31NO2/c1-12-8-13(10-16(4,5)9-12)14(19)17-11-15(2,3)6-7-18/h12-13,18H,6-11H2,1-5H3,(H,17,19). The quantitative estimate of drug-likeness (QED) is 0.806. The molecule has 1 amide bonds. The Labute approximate surface area is 118 Å². The van der Waals surface area contributed by atoms with Crippen LogP contribution in [-0.2, 0) is 4.79 Å². The summed E-state index contributed by atoms with van der Waals surface area (Å²) in [5, 5.41) is 12.1. The molecule has 112 valence electrons. The van der Waals surface area contributed by atoms with Crippen LogP contribution in [-0.4, -0.2) is 24.2 Å². The summed E-state index contributed by atoms with van der Waals surface area (Å²) in [5.41, 5.74) is 0.250. The summed E-state index contributed by atoms with van der Waals surface area (Å²) in [4.78, 5) is 12.3. The first-order valence-electron chi connectivity index (χ1n) is 7.54. The van der Waals surface area contributed by atoms with Gasteiger partial charge in [0.05, 0.1) is 0 Å². The smallest absolute Gasteiger partial charge is 0.223 e. The second-order valence-corrected chi connectivity index (χ2v) is 7.97. The lowest BCUT2D eigenvalue weighted by atomic mass is 9.68. The lowest BCUT2D eigenvalue weighted by Gasteiger charge is -2.38. The van der Waals surface area contributed by atoms with Crippen molar-refractivity contribution in [2.75, 3.05) is 13.2 Å². The molecule has 1 fully saturated rings. The highest BCUT2D eigenvalue weighted by Gasteiger charge is 2.35. The van der Waals surface area contributed by atoms with Crippen LogP contribution in [0.3, 0.4) is 0 Å². The Hall–Kier alpha value is -0.570. The summed E-state index contributed by atoms with van der Waals surface area (Å²) in [5.74, 6) is 0.985. The number of hydrogen-bond acceptors (Lipinski definition) is 2. The number of aliphatic hydroxyl groups excluding tert-OH is 1. The normalized spacial score (nSPS) is 27.1. The molecule has 0 aromatic carbocycles. The predicted octanol–water partition coefficient (Wildman–Crippen LogP) is 2.97. The van der Waals surface area contributed by atoms with Crippen LogP contribution >= 0.6 is 0 Å². The first-order chi connectivity index (χ1) is 8.65. The maximum absolute atomic E-state index is 12.3. The molecule has 0 aromatic rings. The number of amides is 1. The molecule has 0 aliphatic heterocycles. The molecule has 0 bridgehead atoms. The summed E-state index contributed by atoms with van der Waals surface area (Å²) in [6, 6.07) is 0. The molecule has 0 aromatic heterocycles. The third-order valence-corrected chi connectivity index (χ3v) is 4.29. The predicted molar refractivity (Wildman–Crippen MR) is 78.8 cm³/mol. The highest BCUT2D eigenvalue weighted by Crippen LogP contribution is 2.41. The van der Waals surface area contributed by atoms with Crippen LogP contribution in [0.2, 0.25) is 0 Å². The highest BCUT2D eigenvalue weighted by molar-refractivity contribution is 5.78. The number of rotatable bonds is 5. The molecule has 1 aliphatic rings. The van der Waals surface area contributed by atoms with Gasteiger partial charge in [-0.25, -0.2) is 0 Å². The zero-order valence-corrected chi connectivity index (χ0v) is 13.3. The Morgan fingerprint density at radius 2 is 2.00 bits per heavy atom. The summed E-state index contributed by atoms with van der Waals surface area (Å²) in [6.07, 6.45) is 3.94. The molecule has 1 saturated carbocycles. The minimum Gasteiger partial charge on any atom is -0.396 e. The van der Waals surface area contributed by atoms with Crippen molar-refractivity contribution in [3.63, 3.8) is 0 Å². The fourth-order valence-corrected chi connectivity index (χ4v) is 3.41. The van der Waals surface area contributed by atoms with Gasteiger partial charge < -0.3 is 10.4 Å². The average molecular weight is 269 g/mol. The topological polar surface area (TPSA) is 49.3 Å². The van der Waals surface area contributed by atoms with Gasteiger partial charge in [0, 0.05) is 19.1 Å². The number of hydrogen-bond donors (Lipinski definition) is 2. The zero-order chi connectivity index (χ0) is 14.7. The van der Waals surface area contributed by atoms with Gasteiger partial charge in [-0.15, -0.1) is 0 Å². The van der Waals surface area contributed by atoms with Gasteiger partial charge >= 0.3 is 0 Å². The van der Waals surface area contributed by atoms with E-state index in [-0.39, 0.29) is 29.3 Å². The Balaban J connectivity index is 2.49. The van der Waals surface area contributed by atoms with Gasteiger partial charge in [0.1, 0.15) is 0 Å². The van der Waals surface area contributed by atoms with Gasteiger partial charge in [0.25, 0.3) is 0 Å². The lowest BCUT2D eigenvalue weighted by molar-refractivity contribution is -0.128. The fourth-order valence-electron chi connectivity index (χ4n) is 3.41. The van der Waals surface area contributed by atoms with Crippen LogP contribution in [0.4, 0.5) is 0 Å². The molecule has 1 aliphatic carbocycles. The number of nitrogens with one attached hydrogen (secondary N) is 1. The molecule has 0 radical (unpaired) electrons. The van der Waals surface area contributed by atoms with Crippen molar-refractivity contribution < 1.29 is 9.90 Å². The first-order valence-corrected chi connectivity index (χ1v) is 7.54. The molecule has 0 heterocycles. The van der Waals surface area contributed by atoms with Crippen LogP contribution in [0.5, 0.6) is 0 Å². The average Bonchev–Trinajstić information content (AvgIpc) is 2.23. The number of carbonyl (C=O) groups excluding carboxylic acids is 1. The second kappa shape index (κ2) is 6.25. The zero-order valence-electron chi connectivity index (χ0n) is 13.3. The summed E-state index contributed by atoms with van der Waals surface area (Å²) in [7, 11) is 0. The second-order valence-electron chi connectivity index (χ2n) is 7.97. The van der Waals surface area contributed by atoms with Crippen LogP contribution in [0.1, 0.15) is 60.3 Å². The molecule has 2 N–H and O–H groups in total. The minimum atomic E-state index is -0.0276. The summed E-state index contributed by atoms with van der Waals surface area (Å²) < 4.78 is 0. The molecule has 0 saturated heterocycles. The fraction of sp³-hybridized carbons (Fsp3) is 0.938. The Morgan fingerprint density at radius 1 is 1.37 bits per heavy atom. The van der Waals surface area contributed by atoms with Crippen molar-refractivity contribution in [2.24, 2.45) is 22.7 Å². The Morgan fingerprint density at radius 3 is 2.53 bits per heavy atom. The Bertz CT molecular complexity index is 310. The number of aliphatic hydroxyl groups is 1. The van der Waals surface area contributed by atoms with Crippen molar-refractivity contribution in [1.82, 2.24) is 5.32 Å². The van der Waals surface area contributed by atoms with Crippen molar-refractivity contribution in [3.05, 3.63) is 0 Å². The van der Waals surface area contributed by atoms with Gasteiger partial charge in [-0.2, -0.15) is 0 Å². The van der Waals surface area contributed by atoms with E-state index in [2.05, 4.69) is 39.9 Å². The van der Waals surface area contributed by atoms with E-state index < -0.39 is 0 Å². The third-order valence-electron chi connectivity index (χ3n) is 4.29. The largest absolute Gasteiger partial charge is 0.396 e. The van der Waals surface area contributed by atoms with Gasteiger partial charge in [0.2, 0.25) is 5.91 Å². The molecule has 0 spiro atoms. The molecule has 3 heteroatoms. The first kappa shape index (κ1) is 16.5. The monoisotopic (exact) mass is 269 g/mol. The van der Waals surface area contributed by atoms with Gasteiger partial charge in [-0.05, 0) is 42.4 Å². The molecular formula is C16H31NO2. The van der Waals surface area contributed by atoms with E-state index in [0.717, 1.165) is 19.3 Å². The van der Waals surface area contributed by atoms with Crippen molar-refractivity contribution in [2.45, 2.75) is 60.3 Å². The SMILES string of the molecule is CC1CC(C(=O)NCC(C)(C)CCO)CC(C)(C)C1. The minimum absolute atomic E-state index is 0.0276. The molecule has 2 unspecified atom stereocenters. The van der Waals surface area contributed by atoms with E-state index in [1.54, 1.807) is 0 Å². The summed E-state index contributed by atoms with van der Waals surface area (Å²) in [6.45, 7) is 11.8. The van der Waals surface area contributed by atoms with Gasteiger partial charge in [-0.3, -0.25) is 4.79 Å². The van der Waals surface area contributed by atoms with Crippen LogP contribution < -0.4 is 5.32 Å². The van der Waals surface area contributed by atoms with E-state index in [1.165, 1.54) is 6.42 Å². The van der Waals surface area contributed by atoms with E-state index in [1.807, 2.05) is 0 Å². The molecule has 3 nitrogen and oxygen atoms in total. The van der Waals surface area contributed by atoms with Crippen molar-refractivity contribution >= 4 is 5.91 Å². The van der Waals surface area contributed by atoms with Crippen LogP contribution in [0.15, 0.2) is 0 Å². The van der Waals surface area contributed by atoms with Crippen molar-refractivity contribution in [3.8, 4) is 0 Å². The van der Waals surface area contributed by atoms with Crippen LogP contribution in [0, 0.1) is 22.7 Å². The molecule has 1 rings (SSSR count). The van der Waals surface area contributed by atoms with E-state index in [9.17, 15) is 4.79 Å². The van der Waals surface area contributed by atoms with E-state index >= 15 is 0 Å². The number of carbonyl (C=O) groups is 1.